The van der Waals surface area contributed by atoms with Gasteiger partial charge in [0.2, 0.25) is 0 Å². The summed E-state index contributed by atoms with van der Waals surface area (Å²) in [6.45, 7) is 1.81. The average Bonchev–Trinajstić information content (AvgIpc) is 3.26. The van der Waals surface area contributed by atoms with Gasteiger partial charge >= 0.3 is 0 Å². The maximum absolute atomic E-state index is 12.4. The van der Waals surface area contributed by atoms with Crippen molar-refractivity contribution in [2.24, 2.45) is 5.10 Å². The number of amides is 1. The predicted octanol–water partition coefficient (Wildman–Crippen LogP) is 5.27. The molecule has 0 saturated heterocycles. The molecule has 4 aromatic rings. The van der Waals surface area contributed by atoms with Crippen molar-refractivity contribution in [1.82, 2.24) is 25.2 Å². The van der Waals surface area contributed by atoms with Crippen LogP contribution < -0.4 is 5.43 Å². The van der Waals surface area contributed by atoms with E-state index in [0.717, 1.165) is 16.8 Å². The van der Waals surface area contributed by atoms with Crippen LogP contribution in [0.5, 0.6) is 0 Å². The van der Waals surface area contributed by atoms with Gasteiger partial charge in [0.25, 0.3) is 5.91 Å². The molecule has 33 heavy (non-hydrogen) atoms. The molecule has 0 aliphatic heterocycles. The molecule has 0 fully saturated rings. The molecule has 0 bridgehead atoms. The molecular weight excluding hydrogens is 479 g/mol. The van der Waals surface area contributed by atoms with Crippen molar-refractivity contribution < 1.29 is 4.79 Å². The van der Waals surface area contributed by atoms with Crippen molar-refractivity contribution in [3.05, 3.63) is 88.7 Å². The number of hydrazone groups is 1. The lowest BCUT2D eigenvalue weighted by atomic mass is 10.2. The van der Waals surface area contributed by atoms with Gasteiger partial charge in [-0.05, 0) is 61.5 Å². The number of carbonyl (C=O) groups is 1. The van der Waals surface area contributed by atoms with E-state index in [0.29, 0.717) is 26.7 Å². The van der Waals surface area contributed by atoms with Gasteiger partial charge in [-0.1, -0.05) is 41.0 Å². The molecule has 2 aromatic heterocycles. The Balaban J connectivity index is 1.54. The molecule has 0 aliphatic carbocycles. The average molecular weight is 497 g/mol. The topological polar surface area (TPSA) is 85.1 Å². The Bertz CT molecular complexity index is 1270. The van der Waals surface area contributed by atoms with Crippen LogP contribution in [0.25, 0.3) is 17.1 Å². The van der Waals surface area contributed by atoms with Gasteiger partial charge in [-0.25, -0.2) is 5.43 Å². The molecule has 0 atom stereocenters. The molecule has 2 heterocycles. The molecule has 1 amide bonds. The van der Waals surface area contributed by atoms with Crippen molar-refractivity contribution in [2.75, 3.05) is 5.75 Å². The Morgan fingerprint density at radius 3 is 2.39 bits per heavy atom. The zero-order chi connectivity index (χ0) is 23.2. The summed E-state index contributed by atoms with van der Waals surface area (Å²) in [6.07, 6.45) is 3.37. The van der Waals surface area contributed by atoms with Gasteiger partial charge < -0.3 is 0 Å². The molecule has 166 valence electrons. The molecule has 0 radical (unpaired) electrons. The van der Waals surface area contributed by atoms with Gasteiger partial charge in [0.15, 0.2) is 11.0 Å². The second kappa shape index (κ2) is 10.6. The first kappa shape index (κ1) is 23.0. The molecule has 0 unspecified atom stereocenters. The molecule has 10 heteroatoms. The summed E-state index contributed by atoms with van der Waals surface area (Å²) < 4.78 is 1.88. The van der Waals surface area contributed by atoms with E-state index in [1.54, 1.807) is 43.6 Å². The normalized spacial score (nSPS) is 11.4. The lowest BCUT2D eigenvalue weighted by Crippen LogP contribution is -2.21. The summed E-state index contributed by atoms with van der Waals surface area (Å²) in [4.78, 5) is 16.5. The zero-order valence-electron chi connectivity index (χ0n) is 17.4. The van der Waals surface area contributed by atoms with E-state index < -0.39 is 0 Å². The SMILES string of the molecule is C/C(=N\NC(=O)CSc1nnc(-c2ccc(Cl)cc2)n1-c1ccc(Cl)cc1)c1cccnc1. The highest BCUT2D eigenvalue weighted by Crippen LogP contribution is 2.29. The molecule has 0 aliphatic rings. The fourth-order valence-electron chi connectivity index (χ4n) is 2.92. The maximum Gasteiger partial charge on any atom is 0.250 e. The highest BCUT2D eigenvalue weighted by atomic mass is 35.5. The number of rotatable bonds is 7. The second-order valence-electron chi connectivity index (χ2n) is 6.89. The second-order valence-corrected chi connectivity index (χ2v) is 8.70. The van der Waals surface area contributed by atoms with Gasteiger partial charge in [0.05, 0.1) is 11.5 Å². The Kier molecular flexibility index (Phi) is 7.39. The first-order valence-corrected chi connectivity index (χ1v) is 11.6. The Labute approximate surface area is 204 Å². The van der Waals surface area contributed by atoms with Gasteiger partial charge in [-0.2, -0.15) is 5.10 Å². The number of thioether (sulfide) groups is 1. The highest BCUT2D eigenvalue weighted by Gasteiger charge is 2.17. The van der Waals surface area contributed by atoms with Crippen LogP contribution in [0.1, 0.15) is 12.5 Å². The molecule has 0 saturated carbocycles. The number of aromatic nitrogens is 4. The molecule has 2 aromatic carbocycles. The lowest BCUT2D eigenvalue weighted by molar-refractivity contribution is -0.118. The minimum absolute atomic E-state index is 0.107. The number of carbonyl (C=O) groups excluding carboxylic acids is 1. The highest BCUT2D eigenvalue weighted by molar-refractivity contribution is 7.99. The van der Waals surface area contributed by atoms with E-state index in [-0.39, 0.29) is 11.7 Å². The molecule has 1 N–H and O–H groups in total. The van der Waals surface area contributed by atoms with Crippen molar-refractivity contribution in [3.8, 4) is 17.1 Å². The van der Waals surface area contributed by atoms with Crippen LogP contribution >= 0.6 is 35.0 Å². The number of nitrogens with one attached hydrogen (secondary N) is 1. The number of halogens is 2. The fraction of sp³-hybridized carbons (Fsp3) is 0.0870. The van der Waals surface area contributed by atoms with Crippen LogP contribution in [0.4, 0.5) is 0 Å². The third-order valence-corrected chi connectivity index (χ3v) is 6.01. The van der Waals surface area contributed by atoms with Crippen LogP contribution in [0, 0.1) is 0 Å². The third-order valence-electron chi connectivity index (χ3n) is 4.58. The fourth-order valence-corrected chi connectivity index (χ4v) is 3.92. The smallest absolute Gasteiger partial charge is 0.250 e. The van der Waals surface area contributed by atoms with Crippen molar-refractivity contribution in [2.45, 2.75) is 12.1 Å². The Morgan fingerprint density at radius 1 is 1.03 bits per heavy atom. The van der Waals surface area contributed by atoms with E-state index in [4.69, 9.17) is 23.2 Å². The molecule has 4 rings (SSSR count). The molecule has 7 nitrogen and oxygen atoms in total. The maximum atomic E-state index is 12.4. The lowest BCUT2D eigenvalue weighted by Gasteiger charge is -2.10. The van der Waals surface area contributed by atoms with E-state index in [2.05, 4.69) is 25.7 Å². The van der Waals surface area contributed by atoms with Gasteiger partial charge in [-0.3, -0.25) is 14.3 Å². The zero-order valence-corrected chi connectivity index (χ0v) is 19.8. The first-order chi connectivity index (χ1) is 16.0. The third kappa shape index (κ3) is 5.78. The van der Waals surface area contributed by atoms with Crippen LogP contribution in [0.15, 0.2) is 83.3 Å². The monoisotopic (exact) mass is 496 g/mol. The van der Waals surface area contributed by atoms with Crippen LogP contribution in [0.2, 0.25) is 10.0 Å². The van der Waals surface area contributed by atoms with E-state index in [1.165, 1.54) is 11.8 Å². The van der Waals surface area contributed by atoms with Crippen molar-refractivity contribution in [1.29, 1.82) is 0 Å². The molecular formula is C23H18Cl2N6OS. The predicted molar refractivity (Wildman–Crippen MR) is 132 cm³/mol. The van der Waals surface area contributed by atoms with E-state index in [9.17, 15) is 4.79 Å². The summed E-state index contributed by atoms with van der Waals surface area (Å²) in [5, 5.41) is 14.6. The molecule has 0 spiro atoms. The van der Waals surface area contributed by atoms with E-state index >= 15 is 0 Å². The summed E-state index contributed by atoms with van der Waals surface area (Å²) in [7, 11) is 0. The summed E-state index contributed by atoms with van der Waals surface area (Å²) in [6, 6.07) is 18.3. The number of hydrogen-bond acceptors (Lipinski definition) is 6. The minimum atomic E-state index is -0.262. The Morgan fingerprint density at radius 2 is 1.73 bits per heavy atom. The summed E-state index contributed by atoms with van der Waals surface area (Å²) in [5.41, 5.74) is 5.73. The number of nitrogens with zero attached hydrogens (tertiary/aromatic N) is 5. The number of benzene rings is 2. The van der Waals surface area contributed by atoms with Gasteiger partial charge in [0, 0.05) is 39.3 Å². The van der Waals surface area contributed by atoms with Crippen molar-refractivity contribution in [3.63, 3.8) is 0 Å². The largest absolute Gasteiger partial charge is 0.272 e. The van der Waals surface area contributed by atoms with Crippen LogP contribution in [-0.4, -0.2) is 37.1 Å². The minimum Gasteiger partial charge on any atom is -0.272 e. The van der Waals surface area contributed by atoms with Crippen LogP contribution in [0.3, 0.4) is 0 Å². The van der Waals surface area contributed by atoms with Gasteiger partial charge in [0.1, 0.15) is 0 Å². The van der Waals surface area contributed by atoms with E-state index in [1.807, 2.05) is 41.0 Å². The van der Waals surface area contributed by atoms with Gasteiger partial charge in [-0.15, -0.1) is 10.2 Å². The standard InChI is InChI=1S/C23H18Cl2N6OS/c1-15(17-3-2-12-26-13-17)27-28-21(32)14-33-23-30-29-22(16-4-6-18(24)7-5-16)31(23)20-10-8-19(25)9-11-20/h2-13H,14H2,1H3,(H,28,32)/b27-15+. The van der Waals surface area contributed by atoms with Crippen LogP contribution in [-0.2, 0) is 4.79 Å². The first-order valence-electron chi connectivity index (χ1n) is 9.85. The number of hydrogen-bond donors (Lipinski definition) is 1. The number of pyridine rings is 1. The Hall–Kier alpha value is -3.20. The summed E-state index contributed by atoms with van der Waals surface area (Å²) >= 11 is 13.4. The summed E-state index contributed by atoms with van der Waals surface area (Å²) in [5.74, 6) is 0.472. The quantitative estimate of drug-likeness (QED) is 0.214. The van der Waals surface area contributed by atoms with Crippen molar-refractivity contribution >= 4 is 46.6 Å².